The molecule has 20 heavy (non-hydrogen) atoms. The van der Waals surface area contributed by atoms with Gasteiger partial charge in [-0.25, -0.2) is 4.98 Å². The van der Waals surface area contributed by atoms with Crippen molar-refractivity contribution in [2.45, 2.75) is 30.1 Å². The molecule has 0 unspecified atom stereocenters. The van der Waals surface area contributed by atoms with E-state index >= 15 is 0 Å². The first-order valence-corrected chi connectivity index (χ1v) is 6.76. The van der Waals surface area contributed by atoms with E-state index in [1.807, 2.05) is 6.92 Å². The fourth-order valence-electron chi connectivity index (χ4n) is 1.49. The molecule has 0 aliphatic rings. The van der Waals surface area contributed by atoms with Crippen molar-refractivity contribution in [3.05, 3.63) is 22.1 Å². The summed E-state index contributed by atoms with van der Waals surface area (Å²) < 4.78 is 4.91. The van der Waals surface area contributed by atoms with Crippen LogP contribution in [0.1, 0.15) is 19.0 Å². The first-order chi connectivity index (χ1) is 9.60. The monoisotopic (exact) mass is 294 g/mol. The molecule has 106 valence electrons. The number of nitrogens with zero attached hydrogens (tertiary/aromatic N) is 4. The summed E-state index contributed by atoms with van der Waals surface area (Å²) in [5.74, 6) is 0.0476. The minimum Gasteiger partial charge on any atom is -0.467 e. The van der Waals surface area contributed by atoms with Crippen LogP contribution in [-0.4, -0.2) is 32.0 Å². The topological polar surface area (TPSA) is 120 Å². The van der Waals surface area contributed by atoms with Crippen LogP contribution in [0.3, 0.4) is 0 Å². The number of nitrogens with two attached hydrogens (primary N) is 1. The fraction of sp³-hybridized carbons (Fsp3) is 0.364. The maximum absolute atomic E-state index is 11.6. The Bertz CT molecular complexity index is 660. The van der Waals surface area contributed by atoms with Gasteiger partial charge in [-0.1, -0.05) is 13.3 Å². The molecule has 0 aliphatic carbocycles. The van der Waals surface area contributed by atoms with Gasteiger partial charge in [0, 0.05) is 11.8 Å². The van der Waals surface area contributed by atoms with Crippen molar-refractivity contribution in [2.75, 3.05) is 12.8 Å². The second-order valence-electron chi connectivity index (χ2n) is 3.86. The van der Waals surface area contributed by atoms with Gasteiger partial charge < -0.3 is 15.5 Å². The van der Waals surface area contributed by atoms with Gasteiger partial charge in [0.05, 0.1) is 7.11 Å². The Kier molecular flexibility index (Phi) is 4.51. The highest BCUT2D eigenvalue weighted by molar-refractivity contribution is 7.99. The standard InChI is InChI=1S/C11H14N6O2S/c1-3-4-6-5-7(18)14-10(13-6)20-11-16-8(12)15-9(17-11)19-2/h5H,3-4H2,1-2H3,(H,13,14,18)(H2,12,15,16,17). The highest BCUT2D eigenvalue weighted by atomic mass is 32.2. The predicted molar refractivity (Wildman–Crippen MR) is 73.8 cm³/mol. The van der Waals surface area contributed by atoms with Crippen molar-refractivity contribution < 1.29 is 4.74 Å². The van der Waals surface area contributed by atoms with Gasteiger partial charge in [-0.15, -0.1) is 0 Å². The number of nitrogen functional groups attached to an aromatic ring is 1. The molecule has 0 saturated heterocycles. The van der Waals surface area contributed by atoms with E-state index in [0.717, 1.165) is 30.3 Å². The van der Waals surface area contributed by atoms with Gasteiger partial charge in [-0.2, -0.15) is 15.0 Å². The summed E-state index contributed by atoms with van der Waals surface area (Å²) >= 11 is 1.10. The zero-order valence-electron chi connectivity index (χ0n) is 11.1. The molecule has 2 heterocycles. The van der Waals surface area contributed by atoms with Gasteiger partial charge in [-0.05, 0) is 18.2 Å². The quantitative estimate of drug-likeness (QED) is 0.771. The molecule has 0 amide bonds. The van der Waals surface area contributed by atoms with Crippen LogP contribution in [0.4, 0.5) is 5.95 Å². The van der Waals surface area contributed by atoms with E-state index in [9.17, 15) is 4.79 Å². The molecule has 0 bridgehead atoms. The Labute approximate surface area is 119 Å². The fourth-order valence-corrected chi connectivity index (χ4v) is 2.24. The Hall–Kier alpha value is -2.16. The van der Waals surface area contributed by atoms with Crippen LogP contribution in [0.15, 0.2) is 21.2 Å². The Balaban J connectivity index is 2.29. The SMILES string of the molecule is CCCc1cc(=O)[nH]c(Sc2nc(N)nc(OC)n2)n1. The Morgan fingerprint density at radius 1 is 1.35 bits per heavy atom. The first kappa shape index (κ1) is 14.3. The highest BCUT2D eigenvalue weighted by Gasteiger charge is 2.09. The summed E-state index contributed by atoms with van der Waals surface area (Å²) in [7, 11) is 1.44. The molecule has 0 atom stereocenters. The lowest BCUT2D eigenvalue weighted by molar-refractivity contribution is 0.374. The third kappa shape index (κ3) is 3.67. The van der Waals surface area contributed by atoms with E-state index in [2.05, 4.69) is 24.9 Å². The van der Waals surface area contributed by atoms with E-state index < -0.39 is 0 Å². The molecule has 9 heteroatoms. The van der Waals surface area contributed by atoms with Crippen LogP contribution in [0.5, 0.6) is 6.01 Å². The van der Waals surface area contributed by atoms with Gasteiger partial charge >= 0.3 is 6.01 Å². The Morgan fingerprint density at radius 3 is 2.85 bits per heavy atom. The number of hydrogen-bond donors (Lipinski definition) is 2. The van der Waals surface area contributed by atoms with Crippen LogP contribution >= 0.6 is 11.8 Å². The summed E-state index contributed by atoms with van der Waals surface area (Å²) in [6.07, 6.45) is 1.65. The molecule has 0 spiro atoms. The van der Waals surface area contributed by atoms with E-state index in [1.54, 1.807) is 0 Å². The summed E-state index contributed by atoms with van der Waals surface area (Å²) in [5.41, 5.74) is 6.07. The lowest BCUT2D eigenvalue weighted by atomic mass is 10.2. The smallest absolute Gasteiger partial charge is 0.321 e. The van der Waals surface area contributed by atoms with Gasteiger partial charge in [-0.3, -0.25) is 4.79 Å². The Morgan fingerprint density at radius 2 is 2.15 bits per heavy atom. The van der Waals surface area contributed by atoms with Crippen molar-refractivity contribution in [1.29, 1.82) is 0 Å². The molecule has 2 aromatic heterocycles. The van der Waals surface area contributed by atoms with E-state index in [0.29, 0.717) is 10.3 Å². The largest absolute Gasteiger partial charge is 0.467 e. The lowest BCUT2D eigenvalue weighted by Crippen LogP contribution is -2.10. The average Bonchev–Trinajstić information content (AvgIpc) is 2.37. The van der Waals surface area contributed by atoms with Crippen LogP contribution in [0.2, 0.25) is 0 Å². The highest BCUT2D eigenvalue weighted by Crippen LogP contribution is 2.22. The molecule has 0 radical (unpaired) electrons. The maximum Gasteiger partial charge on any atom is 0.321 e. The maximum atomic E-state index is 11.6. The van der Waals surface area contributed by atoms with Crippen molar-refractivity contribution in [2.24, 2.45) is 0 Å². The minimum absolute atomic E-state index is 0.0476. The summed E-state index contributed by atoms with van der Waals surface area (Å²) in [6, 6.07) is 1.60. The molecule has 2 rings (SSSR count). The molecule has 0 saturated carbocycles. The number of aromatic nitrogens is 5. The minimum atomic E-state index is -0.208. The summed E-state index contributed by atoms with van der Waals surface area (Å²) in [5, 5.41) is 0.722. The lowest BCUT2D eigenvalue weighted by Gasteiger charge is -2.04. The molecule has 0 aliphatic heterocycles. The van der Waals surface area contributed by atoms with E-state index in [-0.39, 0.29) is 17.5 Å². The molecular formula is C11H14N6O2S. The summed E-state index contributed by atoms with van der Waals surface area (Å²) in [6.45, 7) is 2.02. The predicted octanol–water partition coefficient (Wildman–Crippen LogP) is 0.649. The number of ether oxygens (including phenoxy) is 1. The number of nitrogens with one attached hydrogen (secondary N) is 1. The molecular weight excluding hydrogens is 280 g/mol. The van der Waals surface area contributed by atoms with Gasteiger partial charge in [0.2, 0.25) is 11.1 Å². The number of rotatable bonds is 5. The number of aromatic amines is 1. The molecule has 3 N–H and O–H groups in total. The van der Waals surface area contributed by atoms with Crippen LogP contribution in [-0.2, 0) is 6.42 Å². The van der Waals surface area contributed by atoms with E-state index in [1.165, 1.54) is 13.2 Å². The van der Waals surface area contributed by atoms with Crippen molar-refractivity contribution in [1.82, 2.24) is 24.9 Å². The first-order valence-electron chi connectivity index (χ1n) is 5.94. The zero-order chi connectivity index (χ0) is 14.5. The summed E-state index contributed by atoms with van der Waals surface area (Å²) in [4.78, 5) is 30.3. The second-order valence-corrected chi connectivity index (χ2v) is 4.81. The molecule has 0 aromatic carbocycles. The van der Waals surface area contributed by atoms with Crippen LogP contribution in [0, 0.1) is 0 Å². The number of methoxy groups -OCH3 is 1. The number of anilines is 1. The second kappa shape index (κ2) is 6.33. The van der Waals surface area contributed by atoms with Gasteiger partial charge in [0.25, 0.3) is 5.56 Å². The third-order valence-corrected chi connectivity index (χ3v) is 3.01. The third-order valence-electron chi connectivity index (χ3n) is 2.26. The van der Waals surface area contributed by atoms with Gasteiger partial charge in [0.1, 0.15) is 0 Å². The molecule has 8 nitrogen and oxygen atoms in total. The zero-order valence-corrected chi connectivity index (χ0v) is 11.9. The number of H-pyrrole nitrogens is 1. The molecule has 0 fully saturated rings. The van der Waals surface area contributed by atoms with Crippen molar-refractivity contribution in [3.8, 4) is 6.01 Å². The van der Waals surface area contributed by atoms with Crippen molar-refractivity contribution in [3.63, 3.8) is 0 Å². The average molecular weight is 294 g/mol. The van der Waals surface area contributed by atoms with Gasteiger partial charge in [0.15, 0.2) is 5.16 Å². The van der Waals surface area contributed by atoms with Crippen LogP contribution < -0.4 is 16.0 Å². The number of aryl methyl sites for hydroxylation is 1. The molecule has 2 aromatic rings. The van der Waals surface area contributed by atoms with Crippen molar-refractivity contribution >= 4 is 17.7 Å². The normalized spacial score (nSPS) is 10.5. The number of hydrogen-bond acceptors (Lipinski definition) is 8. The van der Waals surface area contributed by atoms with E-state index in [4.69, 9.17) is 10.5 Å². The van der Waals surface area contributed by atoms with Crippen LogP contribution in [0.25, 0.3) is 0 Å².